The quantitative estimate of drug-likeness (QED) is 0.667. The second-order valence-corrected chi connectivity index (χ2v) is 4.12. The molecule has 0 aliphatic heterocycles. The Morgan fingerprint density at radius 3 is 2.53 bits per heavy atom. The number of rotatable bonds is 9. The zero-order valence-electron chi connectivity index (χ0n) is 11.6. The van der Waals surface area contributed by atoms with E-state index in [-0.39, 0.29) is 5.91 Å². The van der Waals surface area contributed by atoms with Gasteiger partial charge < -0.3 is 20.1 Å². The van der Waals surface area contributed by atoms with Crippen LogP contribution >= 0.6 is 0 Å². The first kappa shape index (κ1) is 15.5. The van der Waals surface area contributed by atoms with Crippen molar-refractivity contribution < 1.29 is 14.3 Å². The van der Waals surface area contributed by atoms with E-state index in [0.29, 0.717) is 13.0 Å². The lowest BCUT2D eigenvalue weighted by molar-refractivity contribution is -0.116. The van der Waals surface area contributed by atoms with Crippen molar-refractivity contribution in [1.29, 1.82) is 0 Å². The van der Waals surface area contributed by atoms with Crippen LogP contribution in [0.3, 0.4) is 0 Å². The second-order valence-electron chi connectivity index (χ2n) is 4.12. The molecular formula is C14H22N2O3. The molecule has 1 rings (SSSR count). The van der Waals surface area contributed by atoms with E-state index in [0.717, 1.165) is 31.0 Å². The summed E-state index contributed by atoms with van der Waals surface area (Å²) in [7, 11) is 3.30. The van der Waals surface area contributed by atoms with E-state index in [1.54, 1.807) is 14.2 Å². The van der Waals surface area contributed by atoms with Crippen LogP contribution in [-0.2, 0) is 9.53 Å². The molecule has 5 nitrogen and oxygen atoms in total. The molecular weight excluding hydrogens is 244 g/mol. The van der Waals surface area contributed by atoms with Crippen molar-refractivity contribution in [2.24, 2.45) is 0 Å². The summed E-state index contributed by atoms with van der Waals surface area (Å²) in [5.74, 6) is 0.780. The molecule has 2 N–H and O–H groups in total. The Morgan fingerprint density at radius 2 is 1.89 bits per heavy atom. The molecule has 1 aromatic carbocycles. The number of nitrogens with one attached hydrogen (secondary N) is 2. The Balaban J connectivity index is 2.16. The smallest absolute Gasteiger partial charge is 0.225 e. The lowest BCUT2D eigenvalue weighted by Crippen LogP contribution is -2.23. The van der Waals surface area contributed by atoms with E-state index in [2.05, 4.69) is 10.6 Å². The van der Waals surface area contributed by atoms with Gasteiger partial charge in [-0.1, -0.05) is 0 Å². The molecule has 0 saturated heterocycles. The summed E-state index contributed by atoms with van der Waals surface area (Å²) < 4.78 is 9.99. The van der Waals surface area contributed by atoms with Gasteiger partial charge in [0.05, 0.1) is 7.11 Å². The van der Waals surface area contributed by atoms with Crippen LogP contribution in [0.15, 0.2) is 24.3 Å². The third kappa shape index (κ3) is 6.79. The van der Waals surface area contributed by atoms with Crippen LogP contribution in [0.5, 0.6) is 5.75 Å². The van der Waals surface area contributed by atoms with Crippen LogP contribution in [0.25, 0.3) is 0 Å². The fourth-order valence-electron chi connectivity index (χ4n) is 1.57. The number of ether oxygens (including phenoxy) is 2. The molecule has 0 aromatic heterocycles. The van der Waals surface area contributed by atoms with Crippen LogP contribution in [0.2, 0.25) is 0 Å². The first-order chi connectivity index (χ1) is 9.26. The topological polar surface area (TPSA) is 59.6 Å². The van der Waals surface area contributed by atoms with Crippen molar-refractivity contribution in [3.05, 3.63) is 24.3 Å². The van der Waals surface area contributed by atoms with Crippen LogP contribution in [0, 0.1) is 0 Å². The lowest BCUT2D eigenvalue weighted by atomic mass is 10.3. The summed E-state index contributed by atoms with van der Waals surface area (Å²) >= 11 is 0. The van der Waals surface area contributed by atoms with E-state index in [1.165, 1.54) is 0 Å². The molecule has 0 saturated carbocycles. The highest BCUT2D eigenvalue weighted by atomic mass is 16.5. The Bertz CT molecular complexity index is 365. The van der Waals surface area contributed by atoms with Gasteiger partial charge >= 0.3 is 0 Å². The van der Waals surface area contributed by atoms with Crippen molar-refractivity contribution in [2.75, 3.05) is 39.2 Å². The Hall–Kier alpha value is -1.59. The molecule has 0 aliphatic carbocycles. The molecule has 5 heteroatoms. The minimum atomic E-state index is 0.00408. The first-order valence-corrected chi connectivity index (χ1v) is 6.40. The summed E-state index contributed by atoms with van der Waals surface area (Å²) in [6.45, 7) is 2.28. The number of methoxy groups -OCH3 is 2. The Kier molecular flexibility index (Phi) is 7.62. The van der Waals surface area contributed by atoms with Crippen LogP contribution in [0.1, 0.15) is 12.8 Å². The summed E-state index contributed by atoms with van der Waals surface area (Å²) in [5, 5.41) is 6.03. The van der Waals surface area contributed by atoms with Crippen molar-refractivity contribution in [2.45, 2.75) is 12.8 Å². The van der Waals surface area contributed by atoms with Gasteiger partial charge in [-0.25, -0.2) is 0 Å². The highest BCUT2D eigenvalue weighted by Crippen LogP contribution is 2.14. The van der Waals surface area contributed by atoms with Crippen molar-refractivity contribution >= 4 is 11.6 Å². The molecule has 106 valence electrons. The SMILES string of the molecule is COCCCNCCC(=O)Nc1ccc(OC)cc1. The summed E-state index contributed by atoms with van der Waals surface area (Å²) in [4.78, 5) is 11.6. The van der Waals surface area contributed by atoms with Crippen LogP contribution in [0.4, 0.5) is 5.69 Å². The predicted octanol–water partition coefficient (Wildman–Crippen LogP) is 1.65. The maximum absolute atomic E-state index is 11.6. The molecule has 0 unspecified atom stereocenters. The molecule has 1 amide bonds. The van der Waals surface area contributed by atoms with Gasteiger partial charge in [0, 0.05) is 32.4 Å². The fraction of sp³-hybridized carbons (Fsp3) is 0.500. The molecule has 0 bridgehead atoms. The number of carbonyl (C=O) groups is 1. The van der Waals surface area contributed by atoms with Gasteiger partial charge in [0.1, 0.15) is 5.75 Å². The minimum Gasteiger partial charge on any atom is -0.497 e. The third-order valence-electron chi connectivity index (χ3n) is 2.60. The minimum absolute atomic E-state index is 0.00408. The number of amides is 1. The van der Waals surface area contributed by atoms with Crippen LogP contribution in [-0.4, -0.2) is 39.8 Å². The Morgan fingerprint density at radius 1 is 1.16 bits per heavy atom. The summed E-state index contributed by atoms with van der Waals surface area (Å²) in [6.07, 6.45) is 1.41. The standard InChI is InChI=1S/C14H22N2O3/c1-18-11-3-9-15-10-8-14(17)16-12-4-6-13(19-2)7-5-12/h4-7,15H,3,8-11H2,1-2H3,(H,16,17). The largest absolute Gasteiger partial charge is 0.497 e. The van der Waals surface area contributed by atoms with Gasteiger partial charge in [0.25, 0.3) is 0 Å². The van der Waals surface area contributed by atoms with Gasteiger partial charge in [0.2, 0.25) is 5.91 Å². The molecule has 0 fully saturated rings. The van der Waals surface area contributed by atoms with Gasteiger partial charge in [0.15, 0.2) is 0 Å². The zero-order chi connectivity index (χ0) is 13.9. The van der Waals surface area contributed by atoms with E-state index in [4.69, 9.17) is 9.47 Å². The van der Waals surface area contributed by atoms with Gasteiger partial charge in [-0.15, -0.1) is 0 Å². The predicted molar refractivity (Wildman–Crippen MR) is 75.6 cm³/mol. The summed E-state index contributed by atoms with van der Waals surface area (Å²) in [5.41, 5.74) is 0.783. The average molecular weight is 266 g/mol. The maximum atomic E-state index is 11.6. The number of hydrogen-bond donors (Lipinski definition) is 2. The molecule has 19 heavy (non-hydrogen) atoms. The molecule has 0 atom stereocenters. The van der Waals surface area contributed by atoms with Gasteiger partial charge in [-0.05, 0) is 37.2 Å². The fourth-order valence-corrected chi connectivity index (χ4v) is 1.57. The van der Waals surface area contributed by atoms with Crippen molar-refractivity contribution in [3.8, 4) is 5.75 Å². The number of carbonyl (C=O) groups excluding carboxylic acids is 1. The number of benzene rings is 1. The highest BCUT2D eigenvalue weighted by molar-refractivity contribution is 5.90. The normalized spacial score (nSPS) is 10.2. The first-order valence-electron chi connectivity index (χ1n) is 6.40. The molecule has 1 aromatic rings. The maximum Gasteiger partial charge on any atom is 0.225 e. The third-order valence-corrected chi connectivity index (χ3v) is 2.60. The van der Waals surface area contributed by atoms with E-state index < -0.39 is 0 Å². The Labute approximate surface area is 114 Å². The molecule has 0 heterocycles. The summed E-state index contributed by atoms with van der Waals surface area (Å²) in [6, 6.07) is 7.28. The lowest BCUT2D eigenvalue weighted by Gasteiger charge is -2.07. The van der Waals surface area contributed by atoms with Crippen LogP contribution < -0.4 is 15.4 Å². The monoisotopic (exact) mass is 266 g/mol. The van der Waals surface area contributed by atoms with E-state index in [9.17, 15) is 4.79 Å². The van der Waals surface area contributed by atoms with Crippen molar-refractivity contribution in [3.63, 3.8) is 0 Å². The molecule has 0 aliphatic rings. The molecule has 0 spiro atoms. The second kappa shape index (κ2) is 9.35. The molecule has 0 radical (unpaired) electrons. The van der Waals surface area contributed by atoms with E-state index in [1.807, 2.05) is 24.3 Å². The highest BCUT2D eigenvalue weighted by Gasteiger charge is 2.02. The number of anilines is 1. The zero-order valence-corrected chi connectivity index (χ0v) is 11.6. The number of hydrogen-bond acceptors (Lipinski definition) is 4. The van der Waals surface area contributed by atoms with Gasteiger partial charge in [-0.3, -0.25) is 4.79 Å². The average Bonchev–Trinajstić information content (AvgIpc) is 2.43. The van der Waals surface area contributed by atoms with Crippen molar-refractivity contribution in [1.82, 2.24) is 5.32 Å². The van der Waals surface area contributed by atoms with Gasteiger partial charge in [-0.2, -0.15) is 0 Å². The van der Waals surface area contributed by atoms with E-state index >= 15 is 0 Å².